The van der Waals surface area contributed by atoms with E-state index in [2.05, 4.69) is 19.8 Å². The highest BCUT2D eigenvalue weighted by Crippen LogP contribution is 2.33. The minimum atomic E-state index is -4.33. The van der Waals surface area contributed by atoms with E-state index in [0.717, 1.165) is 73.5 Å². The smallest absolute Gasteiger partial charge is 0.416 e. The van der Waals surface area contributed by atoms with Crippen LogP contribution in [0.3, 0.4) is 0 Å². The Bertz CT molecular complexity index is 2430. The molecule has 8 rings (SSSR count). The number of hydrogen-bond donors (Lipinski definition) is 4. The van der Waals surface area contributed by atoms with Crippen LogP contribution >= 0.6 is 0 Å². The van der Waals surface area contributed by atoms with E-state index >= 15 is 0 Å². The van der Waals surface area contributed by atoms with Crippen LogP contribution in [0.4, 0.5) is 37.7 Å². The first-order valence-electron chi connectivity index (χ1n) is 20.0. The van der Waals surface area contributed by atoms with Crippen LogP contribution < -0.4 is 21.2 Å². The number of anilines is 2. The molecule has 0 bridgehead atoms. The molecule has 2 aliphatic rings. The molecule has 0 unspecified atom stereocenters. The number of aromatic amines is 2. The molecule has 2 aromatic heterocycles. The summed E-state index contributed by atoms with van der Waals surface area (Å²) in [6.45, 7) is 8.19. The molecule has 2 aliphatic heterocycles. The second kappa shape index (κ2) is 20.1. The van der Waals surface area contributed by atoms with Gasteiger partial charge >= 0.3 is 35.7 Å². The van der Waals surface area contributed by atoms with Crippen molar-refractivity contribution in [3.05, 3.63) is 129 Å². The summed E-state index contributed by atoms with van der Waals surface area (Å²) in [6.07, 6.45) is -9.46. The van der Waals surface area contributed by atoms with Crippen molar-refractivity contribution in [1.29, 1.82) is 0 Å². The third kappa shape index (κ3) is 12.3. The zero-order chi connectivity index (χ0) is 45.3. The molecular weight excluding hydrogens is 839 g/mol. The Morgan fingerprint density at radius 3 is 1.21 bits per heavy atom. The Kier molecular flexibility index (Phi) is 14.7. The van der Waals surface area contributed by atoms with Crippen molar-refractivity contribution in [3.63, 3.8) is 0 Å². The van der Waals surface area contributed by atoms with Gasteiger partial charge < -0.3 is 30.0 Å². The van der Waals surface area contributed by atoms with Crippen molar-refractivity contribution < 1.29 is 46.1 Å². The number of piperazine rings is 2. The Morgan fingerprint density at radius 1 is 0.508 bits per heavy atom. The molecule has 2 fully saturated rings. The lowest BCUT2D eigenvalue weighted by Gasteiger charge is -2.36. The maximum Gasteiger partial charge on any atom is 0.416 e. The number of aromatic nitrogens is 4. The summed E-state index contributed by atoms with van der Waals surface area (Å²) in [5, 5.41) is 15.4. The predicted octanol–water partition coefficient (Wildman–Crippen LogP) is 5.89. The molecular formula is C43H46F6N8O6. The molecule has 0 radical (unpaired) electrons. The van der Waals surface area contributed by atoms with Gasteiger partial charge in [0, 0.05) is 89.9 Å². The third-order valence-electron chi connectivity index (χ3n) is 10.8. The fourth-order valence-electron chi connectivity index (χ4n) is 7.49. The fraction of sp³-hybridized carbons (Fsp3) is 0.349. The Morgan fingerprint density at radius 2 is 0.873 bits per heavy atom. The van der Waals surface area contributed by atoms with Crippen molar-refractivity contribution in [3.8, 4) is 0 Å². The molecule has 2 saturated heterocycles. The summed E-state index contributed by atoms with van der Waals surface area (Å²) in [5.74, 6) is -2.62. The lowest BCUT2D eigenvalue weighted by atomic mass is 10.1. The van der Waals surface area contributed by atoms with E-state index in [1.165, 1.54) is 24.3 Å². The number of carbonyl (C=O) groups is 2. The van der Waals surface area contributed by atoms with Crippen LogP contribution in [0, 0.1) is 0 Å². The first-order valence-corrected chi connectivity index (χ1v) is 20.0. The SMILES string of the molecule is O=C(O)CC(=O)O.O=c1[nH]c2ccccc2n1CCN1CCN(c2cccc(C(F)(F)F)c2)CC1.O=c1[nH]c2ccccc2n1CCN1CCN(c2cccc(C(F)(F)F)c2)CC1. The quantitative estimate of drug-likeness (QED) is 0.0965. The van der Waals surface area contributed by atoms with Crippen LogP contribution in [-0.4, -0.2) is 117 Å². The molecule has 4 heterocycles. The van der Waals surface area contributed by atoms with Gasteiger partial charge in [-0.25, -0.2) is 9.59 Å². The first kappa shape index (κ1) is 46.0. The van der Waals surface area contributed by atoms with E-state index in [9.17, 15) is 45.5 Å². The average molecular weight is 885 g/mol. The number of nitrogens with zero attached hydrogens (tertiary/aromatic N) is 6. The van der Waals surface area contributed by atoms with Gasteiger partial charge in [-0.2, -0.15) is 26.3 Å². The number of aliphatic carboxylic acids is 2. The molecule has 14 nitrogen and oxygen atoms in total. The number of rotatable bonds is 10. The van der Waals surface area contributed by atoms with Crippen molar-refractivity contribution >= 4 is 45.4 Å². The third-order valence-corrected chi connectivity index (χ3v) is 10.8. The molecule has 4 N–H and O–H groups in total. The zero-order valence-corrected chi connectivity index (χ0v) is 33.9. The van der Waals surface area contributed by atoms with Crippen LogP contribution in [0.2, 0.25) is 0 Å². The highest BCUT2D eigenvalue weighted by molar-refractivity contribution is 5.88. The fourth-order valence-corrected chi connectivity index (χ4v) is 7.49. The number of hydrogen-bond acceptors (Lipinski definition) is 8. The molecule has 0 spiro atoms. The molecule has 336 valence electrons. The van der Waals surface area contributed by atoms with Crippen LogP contribution in [0.25, 0.3) is 22.1 Å². The summed E-state index contributed by atoms with van der Waals surface area (Å²) in [6, 6.07) is 26.1. The van der Waals surface area contributed by atoms with E-state index in [1.807, 2.05) is 58.3 Å². The van der Waals surface area contributed by atoms with E-state index in [-0.39, 0.29) is 11.4 Å². The summed E-state index contributed by atoms with van der Waals surface area (Å²) in [4.78, 5) is 57.3. The van der Waals surface area contributed by atoms with Crippen LogP contribution in [0.15, 0.2) is 107 Å². The minimum Gasteiger partial charge on any atom is -0.481 e. The predicted molar refractivity (Wildman–Crippen MR) is 225 cm³/mol. The molecule has 6 aromatic rings. The maximum absolute atomic E-state index is 12.9. The van der Waals surface area contributed by atoms with Gasteiger partial charge in [0.15, 0.2) is 0 Å². The number of fused-ring (bicyclic) bond motifs is 2. The van der Waals surface area contributed by atoms with Gasteiger partial charge in [0.25, 0.3) is 0 Å². The van der Waals surface area contributed by atoms with Crippen molar-refractivity contribution in [2.45, 2.75) is 31.9 Å². The Labute approximate surface area is 356 Å². The lowest BCUT2D eigenvalue weighted by molar-refractivity contribution is -0.147. The number of imidazole rings is 2. The number of H-pyrrole nitrogens is 2. The second-order valence-electron chi connectivity index (χ2n) is 14.9. The number of carboxylic acids is 2. The summed E-state index contributed by atoms with van der Waals surface area (Å²) in [7, 11) is 0. The molecule has 20 heteroatoms. The highest BCUT2D eigenvalue weighted by atomic mass is 19.4. The molecule has 0 aliphatic carbocycles. The number of para-hydroxylation sites is 4. The number of halogens is 6. The second-order valence-corrected chi connectivity index (χ2v) is 14.9. The summed E-state index contributed by atoms with van der Waals surface area (Å²) < 4.78 is 81.0. The Balaban J connectivity index is 0.000000182. The van der Waals surface area contributed by atoms with E-state index in [1.54, 1.807) is 21.3 Å². The van der Waals surface area contributed by atoms with Gasteiger partial charge in [-0.3, -0.25) is 28.5 Å². The first-order chi connectivity index (χ1) is 30.0. The van der Waals surface area contributed by atoms with Crippen LogP contribution in [-0.2, 0) is 35.0 Å². The van der Waals surface area contributed by atoms with Crippen molar-refractivity contribution in [2.75, 3.05) is 75.2 Å². The number of nitrogens with one attached hydrogen (secondary N) is 2. The standard InChI is InChI=1S/2C20H21F3N4O.C3H4O4/c2*21-20(22,23)15-4-3-5-16(14-15)26-11-8-25(9-12-26)10-13-27-18-7-2-1-6-17(18)24-19(27)28;4-2(5)1-3(6)7/h2*1-7,14H,8-13H2,(H,24,28);1H2,(H,4,5)(H,6,7). The molecule has 0 saturated carbocycles. The maximum atomic E-state index is 12.9. The lowest BCUT2D eigenvalue weighted by Crippen LogP contribution is -2.47. The minimum absolute atomic E-state index is 0.121. The van der Waals surface area contributed by atoms with Crippen LogP contribution in [0.1, 0.15) is 17.5 Å². The molecule has 4 aromatic carbocycles. The van der Waals surface area contributed by atoms with Gasteiger partial charge in [-0.05, 0) is 60.7 Å². The molecule has 0 amide bonds. The van der Waals surface area contributed by atoms with Crippen molar-refractivity contribution in [2.24, 2.45) is 0 Å². The van der Waals surface area contributed by atoms with E-state index in [4.69, 9.17) is 10.2 Å². The number of benzene rings is 4. The van der Waals surface area contributed by atoms with Gasteiger partial charge in [0.1, 0.15) is 6.42 Å². The van der Waals surface area contributed by atoms with E-state index < -0.39 is 41.8 Å². The summed E-state index contributed by atoms with van der Waals surface area (Å²) in [5.41, 5.74) is 3.13. The zero-order valence-electron chi connectivity index (χ0n) is 33.9. The number of alkyl halides is 6. The van der Waals surface area contributed by atoms with Gasteiger partial charge in [0.05, 0.1) is 33.2 Å². The molecule has 0 atom stereocenters. The molecule has 63 heavy (non-hydrogen) atoms. The van der Waals surface area contributed by atoms with Crippen molar-refractivity contribution in [1.82, 2.24) is 28.9 Å². The monoisotopic (exact) mass is 884 g/mol. The van der Waals surface area contributed by atoms with Gasteiger partial charge in [-0.1, -0.05) is 36.4 Å². The average Bonchev–Trinajstić information content (AvgIpc) is 3.75. The van der Waals surface area contributed by atoms with Crippen LogP contribution in [0.5, 0.6) is 0 Å². The summed E-state index contributed by atoms with van der Waals surface area (Å²) >= 11 is 0. The van der Waals surface area contributed by atoms with Gasteiger partial charge in [-0.15, -0.1) is 0 Å². The highest BCUT2D eigenvalue weighted by Gasteiger charge is 2.32. The van der Waals surface area contributed by atoms with Gasteiger partial charge in [0.2, 0.25) is 0 Å². The topological polar surface area (TPSA) is 163 Å². The number of carboxylic acid groups (broad SMARTS) is 2. The largest absolute Gasteiger partial charge is 0.481 e. The van der Waals surface area contributed by atoms with E-state index in [0.29, 0.717) is 50.6 Å². The normalized spacial score (nSPS) is 15.1. The Hall–Kier alpha value is -6.54.